The molecule has 1 saturated heterocycles. The summed E-state index contributed by atoms with van der Waals surface area (Å²) in [6.07, 6.45) is 1.09. The van der Waals surface area contributed by atoms with E-state index in [2.05, 4.69) is 85.7 Å². The van der Waals surface area contributed by atoms with Gasteiger partial charge in [0.05, 0.1) is 0 Å². The zero-order valence-corrected chi connectivity index (χ0v) is 13.7. The number of rotatable bonds is 3. The van der Waals surface area contributed by atoms with Gasteiger partial charge in [-0.25, -0.2) is 0 Å². The minimum Gasteiger partial charge on any atom is -0.315 e. The van der Waals surface area contributed by atoms with E-state index in [4.69, 9.17) is 0 Å². The second-order valence-corrected chi connectivity index (χ2v) is 7.03. The van der Waals surface area contributed by atoms with Gasteiger partial charge in [0.2, 0.25) is 0 Å². The normalized spacial score (nSPS) is 16.9. The zero-order valence-electron chi connectivity index (χ0n) is 10.5. The van der Waals surface area contributed by atoms with Crippen molar-refractivity contribution in [1.82, 2.24) is 5.32 Å². The first-order chi connectivity index (χ1) is 9.18. The fourth-order valence-electron chi connectivity index (χ4n) is 2.65. The van der Waals surface area contributed by atoms with E-state index in [1.807, 2.05) is 0 Å². The molecule has 1 nitrogen and oxygen atoms in total. The van der Waals surface area contributed by atoms with Crippen LogP contribution in [0.25, 0.3) is 0 Å². The molecule has 0 unspecified atom stereocenters. The lowest BCUT2D eigenvalue weighted by Gasteiger charge is -2.43. The average Bonchev–Trinajstić information content (AvgIpc) is 2.37. The van der Waals surface area contributed by atoms with Crippen molar-refractivity contribution in [3.05, 3.63) is 68.6 Å². The number of halogens is 2. The zero-order chi connectivity index (χ0) is 13.3. The van der Waals surface area contributed by atoms with Crippen molar-refractivity contribution in [3.8, 4) is 0 Å². The summed E-state index contributed by atoms with van der Waals surface area (Å²) in [6.45, 7) is 2.12. The maximum absolute atomic E-state index is 3.51. The van der Waals surface area contributed by atoms with Crippen LogP contribution >= 0.6 is 31.9 Å². The Hall–Kier alpha value is -0.640. The van der Waals surface area contributed by atoms with Crippen molar-refractivity contribution in [3.63, 3.8) is 0 Å². The third kappa shape index (κ3) is 2.78. The van der Waals surface area contributed by atoms with Gasteiger partial charge in [-0.15, -0.1) is 0 Å². The van der Waals surface area contributed by atoms with Gasteiger partial charge in [-0.2, -0.15) is 0 Å². The molecule has 3 heteroatoms. The van der Waals surface area contributed by atoms with E-state index in [1.54, 1.807) is 0 Å². The van der Waals surface area contributed by atoms with Gasteiger partial charge in [0.15, 0.2) is 0 Å². The molecule has 2 aromatic carbocycles. The van der Waals surface area contributed by atoms with Crippen LogP contribution in [-0.2, 0) is 11.8 Å². The Bertz CT molecular complexity index is 556. The van der Waals surface area contributed by atoms with Gasteiger partial charge in [0.25, 0.3) is 0 Å². The van der Waals surface area contributed by atoms with Gasteiger partial charge < -0.3 is 5.32 Å². The topological polar surface area (TPSA) is 12.0 Å². The molecule has 2 aromatic rings. The standard InChI is InChI=1S/C16H15Br2N/c17-14-5-1-12(2-6-14)9-16(10-19-11-16)13-3-7-15(18)8-4-13/h1-8,19H,9-11H2. The van der Waals surface area contributed by atoms with Gasteiger partial charge in [-0.05, 0) is 41.8 Å². The molecule has 0 aromatic heterocycles. The average molecular weight is 381 g/mol. The molecule has 0 saturated carbocycles. The van der Waals surface area contributed by atoms with Crippen LogP contribution in [0.15, 0.2) is 57.5 Å². The molecule has 1 fully saturated rings. The minimum absolute atomic E-state index is 0.258. The van der Waals surface area contributed by atoms with Crippen LogP contribution in [0.4, 0.5) is 0 Å². The number of hydrogen-bond acceptors (Lipinski definition) is 1. The van der Waals surface area contributed by atoms with E-state index in [0.29, 0.717) is 0 Å². The summed E-state index contributed by atoms with van der Waals surface area (Å²) in [5, 5.41) is 3.43. The third-order valence-corrected chi connectivity index (χ3v) is 4.90. The Morgan fingerprint density at radius 2 is 1.37 bits per heavy atom. The largest absolute Gasteiger partial charge is 0.315 e. The molecule has 1 aliphatic heterocycles. The smallest absolute Gasteiger partial charge is 0.0242 e. The second-order valence-electron chi connectivity index (χ2n) is 5.19. The van der Waals surface area contributed by atoms with Crippen LogP contribution in [0, 0.1) is 0 Å². The molecule has 0 amide bonds. The summed E-state index contributed by atoms with van der Waals surface area (Å²) in [7, 11) is 0. The molecule has 19 heavy (non-hydrogen) atoms. The molecule has 1 aliphatic rings. The van der Waals surface area contributed by atoms with E-state index in [0.717, 1.165) is 28.5 Å². The predicted octanol–water partition coefficient (Wildman–Crippen LogP) is 4.30. The highest BCUT2D eigenvalue weighted by Crippen LogP contribution is 2.33. The molecular weight excluding hydrogens is 366 g/mol. The summed E-state index contributed by atoms with van der Waals surface area (Å²) in [6, 6.07) is 17.4. The Labute approximate surface area is 130 Å². The van der Waals surface area contributed by atoms with Crippen molar-refractivity contribution in [2.75, 3.05) is 13.1 Å². The first-order valence-electron chi connectivity index (χ1n) is 6.39. The van der Waals surface area contributed by atoms with Crippen molar-refractivity contribution in [2.45, 2.75) is 11.8 Å². The minimum atomic E-state index is 0.258. The van der Waals surface area contributed by atoms with Crippen molar-refractivity contribution in [2.24, 2.45) is 0 Å². The molecule has 0 atom stereocenters. The van der Waals surface area contributed by atoms with Crippen LogP contribution in [-0.4, -0.2) is 13.1 Å². The lowest BCUT2D eigenvalue weighted by Crippen LogP contribution is -2.58. The second kappa shape index (κ2) is 5.39. The first kappa shape index (κ1) is 13.3. The molecule has 1 N–H and O–H groups in total. The highest BCUT2D eigenvalue weighted by molar-refractivity contribution is 9.10. The Morgan fingerprint density at radius 1 is 0.842 bits per heavy atom. The molecule has 0 aliphatic carbocycles. The molecular formula is C16H15Br2N. The monoisotopic (exact) mass is 379 g/mol. The molecule has 1 heterocycles. The van der Waals surface area contributed by atoms with Crippen molar-refractivity contribution >= 4 is 31.9 Å². The third-order valence-electron chi connectivity index (χ3n) is 3.84. The van der Waals surface area contributed by atoms with Gasteiger partial charge in [0.1, 0.15) is 0 Å². The van der Waals surface area contributed by atoms with E-state index >= 15 is 0 Å². The van der Waals surface area contributed by atoms with Gasteiger partial charge >= 0.3 is 0 Å². The summed E-state index contributed by atoms with van der Waals surface area (Å²) < 4.78 is 2.28. The molecule has 3 rings (SSSR count). The quantitative estimate of drug-likeness (QED) is 0.837. The Kier molecular flexibility index (Phi) is 3.79. The lowest BCUT2D eigenvalue weighted by molar-refractivity contribution is 0.274. The number of nitrogens with one attached hydrogen (secondary N) is 1. The summed E-state index contributed by atoms with van der Waals surface area (Å²) in [5.41, 5.74) is 3.08. The summed E-state index contributed by atoms with van der Waals surface area (Å²) in [4.78, 5) is 0. The Morgan fingerprint density at radius 3 is 1.84 bits per heavy atom. The fourth-order valence-corrected chi connectivity index (χ4v) is 3.18. The van der Waals surface area contributed by atoms with Crippen LogP contribution in [0.2, 0.25) is 0 Å². The maximum atomic E-state index is 3.51. The van der Waals surface area contributed by atoms with E-state index in [-0.39, 0.29) is 5.41 Å². The van der Waals surface area contributed by atoms with Crippen molar-refractivity contribution in [1.29, 1.82) is 0 Å². The fraction of sp³-hybridized carbons (Fsp3) is 0.250. The Balaban J connectivity index is 1.87. The number of benzene rings is 2. The van der Waals surface area contributed by atoms with Gasteiger partial charge in [-0.3, -0.25) is 0 Å². The number of hydrogen-bond donors (Lipinski definition) is 1. The highest BCUT2D eigenvalue weighted by atomic mass is 79.9. The van der Waals surface area contributed by atoms with E-state index < -0.39 is 0 Å². The maximum Gasteiger partial charge on any atom is 0.0242 e. The van der Waals surface area contributed by atoms with Gasteiger partial charge in [0, 0.05) is 27.4 Å². The van der Waals surface area contributed by atoms with Crippen LogP contribution < -0.4 is 5.32 Å². The first-order valence-corrected chi connectivity index (χ1v) is 7.98. The van der Waals surface area contributed by atoms with Crippen LogP contribution in [0.1, 0.15) is 11.1 Å². The van der Waals surface area contributed by atoms with E-state index in [9.17, 15) is 0 Å². The molecule has 0 radical (unpaired) electrons. The predicted molar refractivity (Wildman–Crippen MR) is 86.5 cm³/mol. The highest BCUT2D eigenvalue weighted by Gasteiger charge is 2.38. The lowest BCUT2D eigenvalue weighted by atomic mass is 9.71. The molecule has 98 valence electrons. The molecule has 0 spiro atoms. The van der Waals surface area contributed by atoms with Crippen LogP contribution in [0.3, 0.4) is 0 Å². The summed E-state index contributed by atoms with van der Waals surface area (Å²) in [5.74, 6) is 0. The summed E-state index contributed by atoms with van der Waals surface area (Å²) >= 11 is 7.00. The van der Waals surface area contributed by atoms with Crippen LogP contribution in [0.5, 0.6) is 0 Å². The van der Waals surface area contributed by atoms with Gasteiger partial charge in [-0.1, -0.05) is 56.1 Å². The van der Waals surface area contributed by atoms with E-state index in [1.165, 1.54) is 11.1 Å². The van der Waals surface area contributed by atoms with Crippen molar-refractivity contribution < 1.29 is 0 Å². The SMILES string of the molecule is Brc1ccc(CC2(c3ccc(Br)cc3)CNC2)cc1. The molecule has 0 bridgehead atoms.